The Bertz CT molecular complexity index is 242. The molecule has 0 aliphatic carbocycles. The number of rotatable bonds is 6. The van der Waals surface area contributed by atoms with Crippen LogP contribution in [0.2, 0.25) is 0 Å². The summed E-state index contributed by atoms with van der Waals surface area (Å²) in [6, 6.07) is 2.11. The lowest BCUT2D eigenvalue weighted by molar-refractivity contribution is 0.139. The van der Waals surface area contributed by atoms with Gasteiger partial charge in [-0.1, -0.05) is 26.7 Å². The zero-order valence-electron chi connectivity index (χ0n) is 13.0. The Balaban J connectivity index is 1.81. The minimum Gasteiger partial charge on any atom is -0.328 e. The van der Waals surface area contributed by atoms with E-state index in [1.165, 1.54) is 71.1 Å². The fourth-order valence-electron chi connectivity index (χ4n) is 3.86. The highest BCUT2D eigenvalue weighted by molar-refractivity contribution is 4.89. The number of hydrogen-bond donors (Lipinski definition) is 1. The van der Waals surface area contributed by atoms with Gasteiger partial charge in [-0.3, -0.25) is 9.80 Å². The Morgan fingerprint density at radius 1 is 1.00 bits per heavy atom. The first-order chi connectivity index (χ1) is 9.24. The molecule has 19 heavy (non-hydrogen) atoms. The van der Waals surface area contributed by atoms with Gasteiger partial charge in [0.25, 0.3) is 0 Å². The lowest BCUT2D eigenvalue weighted by Crippen LogP contribution is -2.46. The Kier molecular flexibility index (Phi) is 6.11. The second-order valence-electron chi connectivity index (χ2n) is 6.54. The van der Waals surface area contributed by atoms with Crippen LogP contribution in [0.1, 0.15) is 58.8 Å². The summed E-state index contributed by atoms with van der Waals surface area (Å²) in [5, 5.41) is 0. The Hall–Kier alpha value is -0.120. The summed E-state index contributed by atoms with van der Waals surface area (Å²) in [4.78, 5) is 5.48. The van der Waals surface area contributed by atoms with Crippen LogP contribution in [0.5, 0.6) is 0 Å². The number of likely N-dealkylation sites (tertiary alicyclic amines) is 2. The van der Waals surface area contributed by atoms with Crippen LogP contribution in [-0.2, 0) is 0 Å². The molecule has 0 amide bonds. The average Bonchev–Trinajstić information content (AvgIpc) is 2.89. The summed E-state index contributed by atoms with van der Waals surface area (Å²) in [5.74, 6) is 0. The highest BCUT2D eigenvalue weighted by atomic mass is 15.3. The molecule has 2 N–H and O–H groups in total. The second-order valence-corrected chi connectivity index (χ2v) is 6.54. The molecule has 0 aromatic heterocycles. The predicted octanol–water partition coefficient (Wildman–Crippen LogP) is 2.45. The van der Waals surface area contributed by atoms with Gasteiger partial charge in [-0.2, -0.15) is 0 Å². The van der Waals surface area contributed by atoms with Crippen LogP contribution in [0.15, 0.2) is 0 Å². The zero-order valence-corrected chi connectivity index (χ0v) is 13.0. The third-order valence-corrected chi connectivity index (χ3v) is 5.05. The Morgan fingerprint density at radius 2 is 1.63 bits per heavy atom. The molecule has 112 valence electrons. The van der Waals surface area contributed by atoms with E-state index in [-0.39, 0.29) is 0 Å². The topological polar surface area (TPSA) is 32.5 Å². The molecular formula is C16H33N3. The van der Waals surface area contributed by atoms with E-state index in [0.29, 0.717) is 6.04 Å². The first-order valence-corrected chi connectivity index (χ1v) is 8.48. The summed E-state index contributed by atoms with van der Waals surface area (Å²) < 4.78 is 0. The lowest BCUT2D eigenvalue weighted by atomic mass is 10.0. The van der Waals surface area contributed by atoms with Crippen molar-refractivity contribution in [1.82, 2.24) is 9.80 Å². The molecular weight excluding hydrogens is 234 g/mol. The summed E-state index contributed by atoms with van der Waals surface area (Å²) in [6.45, 7) is 9.72. The van der Waals surface area contributed by atoms with Crippen molar-refractivity contribution < 1.29 is 0 Å². The average molecular weight is 267 g/mol. The third kappa shape index (κ3) is 4.17. The maximum atomic E-state index is 6.01. The largest absolute Gasteiger partial charge is 0.328 e. The summed E-state index contributed by atoms with van der Waals surface area (Å²) in [5.41, 5.74) is 6.01. The van der Waals surface area contributed by atoms with Crippen LogP contribution in [0, 0.1) is 0 Å². The van der Waals surface area contributed by atoms with E-state index in [2.05, 4.69) is 23.6 Å². The van der Waals surface area contributed by atoms with Gasteiger partial charge >= 0.3 is 0 Å². The first kappa shape index (κ1) is 15.3. The standard InChI is InChI=1S/C16H33N3/c1-3-5-15(6-4-2)19-12-9-16(13-19)18-10-7-14(17)8-11-18/h14-16H,3-13,17H2,1-2H3. The van der Waals surface area contributed by atoms with E-state index in [1.807, 2.05) is 0 Å². The van der Waals surface area contributed by atoms with E-state index in [4.69, 9.17) is 5.73 Å². The molecule has 0 radical (unpaired) electrons. The van der Waals surface area contributed by atoms with Gasteiger partial charge in [0.15, 0.2) is 0 Å². The van der Waals surface area contributed by atoms with Crippen molar-refractivity contribution in [2.24, 2.45) is 5.73 Å². The van der Waals surface area contributed by atoms with Gasteiger partial charge in [-0.05, 0) is 45.2 Å². The molecule has 2 rings (SSSR count). The summed E-state index contributed by atoms with van der Waals surface area (Å²) in [6.07, 6.45) is 9.18. The maximum absolute atomic E-state index is 6.01. The van der Waals surface area contributed by atoms with Crippen molar-refractivity contribution in [1.29, 1.82) is 0 Å². The fourth-order valence-corrected chi connectivity index (χ4v) is 3.86. The Labute approximate surface area is 119 Å². The van der Waals surface area contributed by atoms with Crippen LogP contribution in [0.3, 0.4) is 0 Å². The SMILES string of the molecule is CCCC(CCC)N1CCC(N2CCC(N)CC2)C1. The predicted molar refractivity (Wildman–Crippen MR) is 82.4 cm³/mol. The summed E-state index contributed by atoms with van der Waals surface area (Å²) in [7, 11) is 0. The molecule has 2 fully saturated rings. The highest BCUT2D eigenvalue weighted by Gasteiger charge is 2.32. The smallest absolute Gasteiger partial charge is 0.0235 e. The number of nitrogens with zero attached hydrogens (tertiary/aromatic N) is 2. The molecule has 0 aromatic rings. The molecule has 2 aliphatic heterocycles. The molecule has 0 aromatic carbocycles. The molecule has 3 nitrogen and oxygen atoms in total. The highest BCUT2D eigenvalue weighted by Crippen LogP contribution is 2.24. The molecule has 2 heterocycles. The molecule has 3 heteroatoms. The number of piperidine rings is 1. The van der Waals surface area contributed by atoms with Crippen LogP contribution < -0.4 is 5.73 Å². The van der Waals surface area contributed by atoms with Crippen molar-refractivity contribution in [3.05, 3.63) is 0 Å². The van der Waals surface area contributed by atoms with Crippen molar-refractivity contribution >= 4 is 0 Å². The van der Waals surface area contributed by atoms with E-state index in [1.54, 1.807) is 0 Å². The molecule has 1 atom stereocenters. The monoisotopic (exact) mass is 267 g/mol. The molecule has 2 saturated heterocycles. The van der Waals surface area contributed by atoms with Crippen molar-refractivity contribution in [2.45, 2.75) is 76.9 Å². The number of nitrogens with two attached hydrogens (primary N) is 1. The molecule has 2 aliphatic rings. The first-order valence-electron chi connectivity index (χ1n) is 8.48. The second kappa shape index (κ2) is 7.61. The fraction of sp³-hybridized carbons (Fsp3) is 1.00. The van der Waals surface area contributed by atoms with Crippen LogP contribution in [0.25, 0.3) is 0 Å². The van der Waals surface area contributed by atoms with Gasteiger partial charge < -0.3 is 5.73 Å². The minimum atomic E-state index is 0.460. The maximum Gasteiger partial charge on any atom is 0.0235 e. The summed E-state index contributed by atoms with van der Waals surface area (Å²) >= 11 is 0. The van der Waals surface area contributed by atoms with Gasteiger partial charge in [-0.25, -0.2) is 0 Å². The van der Waals surface area contributed by atoms with Gasteiger partial charge in [0.1, 0.15) is 0 Å². The van der Waals surface area contributed by atoms with Gasteiger partial charge in [0.05, 0.1) is 0 Å². The van der Waals surface area contributed by atoms with Gasteiger partial charge in [0.2, 0.25) is 0 Å². The van der Waals surface area contributed by atoms with Gasteiger partial charge in [0, 0.05) is 31.2 Å². The Morgan fingerprint density at radius 3 is 2.21 bits per heavy atom. The molecule has 0 bridgehead atoms. The third-order valence-electron chi connectivity index (χ3n) is 5.05. The van der Waals surface area contributed by atoms with Crippen LogP contribution in [0.4, 0.5) is 0 Å². The quantitative estimate of drug-likeness (QED) is 0.802. The lowest BCUT2D eigenvalue weighted by Gasteiger charge is -2.35. The van der Waals surface area contributed by atoms with Crippen LogP contribution >= 0.6 is 0 Å². The van der Waals surface area contributed by atoms with Crippen molar-refractivity contribution in [3.8, 4) is 0 Å². The van der Waals surface area contributed by atoms with Crippen LogP contribution in [-0.4, -0.2) is 54.1 Å². The molecule has 1 unspecified atom stereocenters. The number of hydrogen-bond acceptors (Lipinski definition) is 3. The molecule has 0 saturated carbocycles. The van der Waals surface area contributed by atoms with E-state index in [0.717, 1.165) is 12.1 Å². The van der Waals surface area contributed by atoms with E-state index in [9.17, 15) is 0 Å². The van der Waals surface area contributed by atoms with Gasteiger partial charge in [-0.15, -0.1) is 0 Å². The van der Waals surface area contributed by atoms with Crippen molar-refractivity contribution in [2.75, 3.05) is 26.2 Å². The molecule has 0 spiro atoms. The van der Waals surface area contributed by atoms with Crippen molar-refractivity contribution in [3.63, 3.8) is 0 Å². The normalized spacial score (nSPS) is 27.5. The zero-order chi connectivity index (χ0) is 13.7. The minimum absolute atomic E-state index is 0.460. The van der Waals surface area contributed by atoms with E-state index >= 15 is 0 Å². The van der Waals surface area contributed by atoms with E-state index < -0.39 is 0 Å².